The number of halogens is 4. The van der Waals surface area contributed by atoms with E-state index in [1.54, 1.807) is 55.5 Å². The quantitative estimate of drug-likeness (QED) is 0.153. The van der Waals surface area contributed by atoms with Gasteiger partial charge in [-0.2, -0.15) is 0 Å². The molecule has 284 valence electrons. The van der Waals surface area contributed by atoms with Gasteiger partial charge < -0.3 is 9.97 Å². The van der Waals surface area contributed by atoms with Crippen molar-refractivity contribution in [2.24, 2.45) is 0 Å². The van der Waals surface area contributed by atoms with E-state index >= 15 is 8.78 Å². The maximum atomic E-state index is 16.1. The van der Waals surface area contributed by atoms with E-state index in [1.165, 1.54) is 54.9 Å². The van der Waals surface area contributed by atoms with E-state index in [0.717, 1.165) is 11.1 Å². The fraction of sp³-hybridized carbons (Fsp3) is 0.0222. The summed E-state index contributed by atoms with van der Waals surface area (Å²) in [6, 6.07) is 31.1. The maximum absolute atomic E-state index is 16.1. The molecule has 0 spiro atoms. The van der Waals surface area contributed by atoms with Crippen molar-refractivity contribution < 1.29 is 17.6 Å². The Morgan fingerprint density at radius 3 is 1.31 bits per heavy atom. The second kappa shape index (κ2) is 14.2. The third-order valence-corrected chi connectivity index (χ3v) is 9.90. The number of nitrogens with zero attached hydrogens (tertiary/aromatic N) is 8. The zero-order chi connectivity index (χ0) is 40.2. The summed E-state index contributed by atoms with van der Waals surface area (Å²) in [7, 11) is 0. The van der Waals surface area contributed by atoms with Crippen molar-refractivity contribution >= 4 is 22.1 Å². The molecule has 0 saturated carbocycles. The van der Waals surface area contributed by atoms with Gasteiger partial charge in [-0.25, -0.2) is 37.5 Å². The van der Waals surface area contributed by atoms with E-state index < -0.39 is 23.3 Å². The van der Waals surface area contributed by atoms with Gasteiger partial charge in [-0.15, -0.1) is 20.4 Å². The van der Waals surface area contributed by atoms with Gasteiger partial charge in [-0.3, -0.25) is 0 Å². The van der Waals surface area contributed by atoms with Crippen molar-refractivity contribution in [2.75, 3.05) is 0 Å². The Morgan fingerprint density at radius 1 is 0.407 bits per heavy atom. The summed E-state index contributed by atoms with van der Waals surface area (Å²) in [6.07, 6.45) is 1.47. The topological polar surface area (TPSA) is 135 Å². The summed E-state index contributed by atoms with van der Waals surface area (Å²) >= 11 is 0. The lowest BCUT2D eigenvalue weighted by Crippen LogP contribution is -1.99. The van der Waals surface area contributed by atoms with Gasteiger partial charge in [0.25, 0.3) is 0 Å². The molecule has 4 aromatic heterocycles. The number of H-pyrrole nitrogens is 2. The molecule has 14 heteroatoms. The summed E-state index contributed by atoms with van der Waals surface area (Å²) < 4.78 is 60.3. The lowest BCUT2D eigenvalue weighted by molar-refractivity contribution is 0.616. The van der Waals surface area contributed by atoms with E-state index in [4.69, 9.17) is 19.9 Å². The Balaban J connectivity index is 1.13. The highest BCUT2D eigenvalue weighted by atomic mass is 19.1. The van der Waals surface area contributed by atoms with Gasteiger partial charge in [-0.05, 0) is 128 Å². The molecule has 10 rings (SSSR count). The molecule has 10 aromatic rings. The zero-order valence-electron chi connectivity index (χ0n) is 30.7. The lowest BCUT2D eigenvalue weighted by Gasteiger charge is -2.15. The molecule has 2 N–H and O–H groups in total. The van der Waals surface area contributed by atoms with Crippen LogP contribution in [-0.4, -0.2) is 50.3 Å². The summed E-state index contributed by atoms with van der Waals surface area (Å²) in [6.45, 7) is 1.80. The van der Waals surface area contributed by atoms with Gasteiger partial charge in [0.1, 0.15) is 35.4 Å². The minimum absolute atomic E-state index is 0.0467. The first kappa shape index (κ1) is 35.4. The van der Waals surface area contributed by atoms with Gasteiger partial charge in [0.2, 0.25) is 0 Å². The number of nitrogens with one attached hydrogen (secondary N) is 2. The van der Waals surface area contributed by atoms with Crippen molar-refractivity contribution in [3.63, 3.8) is 0 Å². The van der Waals surface area contributed by atoms with Gasteiger partial charge in [0, 0.05) is 44.5 Å². The van der Waals surface area contributed by atoms with E-state index in [2.05, 4.69) is 30.4 Å². The number of aromatic amines is 2. The highest BCUT2D eigenvalue weighted by Gasteiger charge is 2.21. The standard InChI is InChI=1S/C45H26F4N10/c1-23-52-45(59-57-23)29-9-17-36-39(21-29)56-43(40(53-36)24-2-10-30(46)11-3-24)27-7-15-35(49)33(19-27)32-18-26(6-14-34(32)48)42-41(25-4-12-31(47)13-5-25)55-38-20-28(8-16-37(38)54-42)44-50-22-51-58-44/h2-22H,1H3,(H,50,51,58)(H,52,57,59). The Bertz CT molecular complexity index is 3220. The van der Waals surface area contributed by atoms with E-state index in [-0.39, 0.29) is 11.1 Å². The molecule has 0 aliphatic heterocycles. The van der Waals surface area contributed by atoms with Crippen molar-refractivity contribution in [2.45, 2.75) is 6.92 Å². The smallest absolute Gasteiger partial charge is 0.161 e. The van der Waals surface area contributed by atoms with Gasteiger partial charge in [0.15, 0.2) is 11.6 Å². The molecular weight excluding hydrogens is 757 g/mol. The number of fused-ring (bicyclic) bond motifs is 2. The van der Waals surface area contributed by atoms with Crippen molar-refractivity contribution in [3.05, 3.63) is 157 Å². The van der Waals surface area contributed by atoms with E-state index in [9.17, 15) is 8.78 Å². The van der Waals surface area contributed by atoms with Crippen LogP contribution in [0.25, 0.3) is 101 Å². The Labute approximate surface area is 331 Å². The molecule has 0 amide bonds. The zero-order valence-corrected chi connectivity index (χ0v) is 30.7. The average Bonchev–Trinajstić information content (AvgIpc) is 3.96. The Kier molecular flexibility index (Phi) is 8.51. The fourth-order valence-corrected chi connectivity index (χ4v) is 7.00. The van der Waals surface area contributed by atoms with Crippen molar-refractivity contribution in [1.29, 1.82) is 0 Å². The van der Waals surface area contributed by atoms with Crippen molar-refractivity contribution in [1.82, 2.24) is 50.3 Å². The average molecular weight is 783 g/mol. The molecule has 0 saturated heterocycles. The van der Waals surface area contributed by atoms with Crippen LogP contribution in [0.15, 0.2) is 128 Å². The highest BCUT2D eigenvalue weighted by Crippen LogP contribution is 2.39. The number of hydrogen-bond donors (Lipinski definition) is 2. The van der Waals surface area contributed by atoms with Gasteiger partial charge in [-0.1, -0.05) is 0 Å². The number of aromatic nitrogens is 10. The van der Waals surface area contributed by atoms with Crippen LogP contribution < -0.4 is 0 Å². The number of rotatable bonds is 7. The summed E-state index contributed by atoms with van der Waals surface area (Å²) in [4.78, 5) is 25.9. The summed E-state index contributed by atoms with van der Waals surface area (Å²) in [5.74, 6) is -0.498. The molecular formula is C45H26F4N10. The van der Waals surface area contributed by atoms with Crippen LogP contribution >= 0.6 is 0 Å². The van der Waals surface area contributed by atoms with Crippen molar-refractivity contribution in [3.8, 4) is 78.9 Å². The van der Waals surface area contributed by atoms with Crippen LogP contribution in [0.5, 0.6) is 0 Å². The Hall–Kier alpha value is -8.00. The fourth-order valence-electron chi connectivity index (χ4n) is 7.00. The molecule has 0 unspecified atom stereocenters. The largest absolute Gasteiger partial charge is 0.328 e. The molecule has 6 aromatic carbocycles. The van der Waals surface area contributed by atoms with Crippen LogP contribution in [-0.2, 0) is 0 Å². The first-order valence-corrected chi connectivity index (χ1v) is 18.3. The molecule has 0 bridgehead atoms. The van der Waals surface area contributed by atoms with Crippen LogP contribution in [0.2, 0.25) is 0 Å². The molecule has 0 aliphatic rings. The molecule has 0 fully saturated rings. The van der Waals surface area contributed by atoms with Crippen LogP contribution in [0.3, 0.4) is 0 Å². The molecule has 59 heavy (non-hydrogen) atoms. The minimum atomic E-state index is -0.687. The van der Waals surface area contributed by atoms with Gasteiger partial charge >= 0.3 is 0 Å². The normalized spacial score (nSPS) is 11.5. The monoisotopic (exact) mass is 782 g/mol. The number of hydrogen-bond acceptors (Lipinski definition) is 8. The minimum Gasteiger partial charge on any atom is -0.328 e. The van der Waals surface area contributed by atoms with Crippen LogP contribution in [0.1, 0.15) is 5.82 Å². The predicted molar refractivity (Wildman–Crippen MR) is 215 cm³/mol. The highest BCUT2D eigenvalue weighted by molar-refractivity contribution is 5.91. The summed E-state index contributed by atoms with van der Waals surface area (Å²) in [5, 5.41) is 16.2. The SMILES string of the molecule is Cc1nnc(-c2ccc3nc(-c4ccc(F)cc4)c(-c4ccc(F)c(-c5cc(-c6nc7ccc(-c8nnc[nH]8)cc7nc6-c6ccc(F)cc6)ccc5F)c4)nc3c2)[nH]1. The molecule has 0 radical (unpaired) electrons. The third kappa shape index (κ3) is 6.61. The second-order valence-corrected chi connectivity index (χ2v) is 13.7. The molecule has 0 aliphatic carbocycles. The third-order valence-electron chi connectivity index (χ3n) is 9.90. The van der Waals surface area contributed by atoms with Crippen LogP contribution in [0.4, 0.5) is 17.6 Å². The lowest BCUT2D eigenvalue weighted by atomic mass is 9.95. The molecule has 4 heterocycles. The van der Waals surface area contributed by atoms with Gasteiger partial charge in [0.05, 0.1) is 44.8 Å². The number of benzene rings is 6. The predicted octanol–water partition coefficient (Wildman–Crippen LogP) is 10.3. The maximum Gasteiger partial charge on any atom is 0.161 e. The molecule has 0 atom stereocenters. The Morgan fingerprint density at radius 2 is 0.847 bits per heavy atom. The number of aryl methyl sites for hydroxylation is 1. The van der Waals surface area contributed by atoms with Crippen LogP contribution in [0, 0.1) is 30.2 Å². The first-order valence-electron chi connectivity index (χ1n) is 18.3. The summed E-state index contributed by atoms with van der Waals surface area (Å²) in [5.41, 5.74) is 7.00. The second-order valence-electron chi connectivity index (χ2n) is 13.7. The van der Waals surface area contributed by atoms with E-state index in [1.807, 2.05) is 24.3 Å². The molecule has 10 nitrogen and oxygen atoms in total. The van der Waals surface area contributed by atoms with E-state index in [0.29, 0.717) is 84.6 Å². The first-order chi connectivity index (χ1) is 28.7.